The molecule has 1 amide bonds. The van der Waals surface area contributed by atoms with Crippen LogP contribution in [0.25, 0.3) is 0 Å². The predicted molar refractivity (Wildman–Crippen MR) is 91.4 cm³/mol. The summed E-state index contributed by atoms with van der Waals surface area (Å²) in [5.41, 5.74) is 2.19. The lowest BCUT2D eigenvalue weighted by Gasteiger charge is -2.22. The minimum Gasteiger partial charge on any atom is -0.489 e. The van der Waals surface area contributed by atoms with Gasteiger partial charge in [0.15, 0.2) is 0 Å². The first-order chi connectivity index (χ1) is 11.2. The number of rotatable bonds is 4. The minimum absolute atomic E-state index is 0.115. The highest BCUT2D eigenvalue weighted by molar-refractivity contribution is 5.93. The second-order valence-electron chi connectivity index (χ2n) is 6.50. The molecule has 1 heterocycles. The summed E-state index contributed by atoms with van der Waals surface area (Å²) < 4.78 is 5.97. The van der Waals surface area contributed by atoms with Gasteiger partial charge in [-0.3, -0.25) is 9.69 Å². The van der Waals surface area contributed by atoms with Crippen LogP contribution in [-0.4, -0.2) is 36.5 Å². The van der Waals surface area contributed by atoms with Crippen LogP contribution in [0.3, 0.4) is 0 Å². The molecule has 0 saturated heterocycles. The van der Waals surface area contributed by atoms with E-state index < -0.39 is 0 Å². The third kappa shape index (κ3) is 4.35. The first kappa shape index (κ1) is 16.1. The van der Waals surface area contributed by atoms with Crippen molar-refractivity contribution in [3.63, 3.8) is 0 Å². The monoisotopic (exact) mass is 314 g/mol. The number of hydrogen-bond donors (Lipinski definition) is 1. The molecule has 0 spiro atoms. The molecule has 0 unspecified atom stereocenters. The van der Waals surface area contributed by atoms with Crippen LogP contribution in [0, 0.1) is 0 Å². The van der Waals surface area contributed by atoms with Crippen molar-refractivity contribution in [1.29, 1.82) is 0 Å². The lowest BCUT2D eigenvalue weighted by atomic mass is 9.99. The smallest absolute Gasteiger partial charge is 0.246 e. The van der Waals surface area contributed by atoms with E-state index in [0.717, 1.165) is 50.2 Å². The standard InChI is InChI=1S/C19H26N2O2/c1-15-13-21(14-17-9-5-6-10-18(17)23-15)12-11-20-19(22)16-7-3-2-4-8-16/h5-7,9-10,15H,2-4,8,11-14H2,1H3,(H,20,22)/t15-/m1/s1. The number of carbonyl (C=O) groups is 1. The van der Waals surface area contributed by atoms with E-state index in [-0.39, 0.29) is 12.0 Å². The van der Waals surface area contributed by atoms with Gasteiger partial charge in [0.25, 0.3) is 0 Å². The molecule has 0 aromatic heterocycles. The van der Waals surface area contributed by atoms with E-state index in [0.29, 0.717) is 6.54 Å². The molecular formula is C19H26N2O2. The maximum Gasteiger partial charge on any atom is 0.246 e. The molecule has 1 N–H and O–H groups in total. The quantitative estimate of drug-likeness (QED) is 0.929. The van der Waals surface area contributed by atoms with Crippen molar-refractivity contribution in [2.45, 2.75) is 45.3 Å². The van der Waals surface area contributed by atoms with Gasteiger partial charge in [0.2, 0.25) is 5.91 Å². The highest BCUT2D eigenvalue weighted by Crippen LogP contribution is 2.24. The fourth-order valence-corrected chi connectivity index (χ4v) is 3.33. The number of para-hydroxylation sites is 1. The van der Waals surface area contributed by atoms with Crippen molar-refractivity contribution in [2.75, 3.05) is 19.6 Å². The summed E-state index contributed by atoms with van der Waals surface area (Å²) in [6, 6.07) is 8.21. The van der Waals surface area contributed by atoms with Crippen LogP contribution in [-0.2, 0) is 11.3 Å². The largest absolute Gasteiger partial charge is 0.489 e. The van der Waals surface area contributed by atoms with Gasteiger partial charge in [-0.1, -0.05) is 24.3 Å². The Labute approximate surface area is 138 Å². The number of nitrogens with zero attached hydrogens (tertiary/aromatic N) is 1. The second-order valence-corrected chi connectivity index (χ2v) is 6.50. The van der Waals surface area contributed by atoms with Crippen molar-refractivity contribution in [1.82, 2.24) is 10.2 Å². The lowest BCUT2D eigenvalue weighted by Crippen LogP contribution is -2.38. The van der Waals surface area contributed by atoms with Crippen LogP contribution in [0.1, 0.15) is 38.2 Å². The average molecular weight is 314 g/mol. The van der Waals surface area contributed by atoms with Crippen LogP contribution in [0.15, 0.2) is 35.9 Å². The van der Waals surface area contributed by atoms with Crippen molar-refractivity contribution < 1.29 is 9.53 Å². The van der Waals surface area contributed by atoms with Gasteiger partial charge in [0.1, 0.15) is 11.9 Å². The molecule has 4 heteroatoms. The molecule has 23 heavy (non-hydrogen) atoms. The molecular weight excluding hydrogens is 288 g/mol. The van der Waals surface area contributed by atoms with Crippen LogP contribution < -0.4 is 10.1 Å². The highest BCUT2D eigenvalue weighted by Gasteiger charge is 2.19. The number of nitrogens with one attached hydrogen (secondary N) is 1. The summed E-state index contributed by atoms with van der Waals surface area (Å²) in [6.45, 7) is 5.39. The fourth-order valence-electron chi connectivity index (χ4n) is 3.33. The number of ether oxygens (including phenoxy) is 1. The van der Waals surface area contributed by atoms with E-state index in [2.05, 4.69) is 29.3 Å². The Morgan fingerprint density at radius 2 is 2.22 bits per heavy atom. The molecule has 1 aliphatic carbocycles. The highest BCUT2D eigenvalue weighted by atomic mass is 16.5. The molecule has 0 saturated carbocycles. The van der Waals surface area contributed by atoms with Crippen LogP contribution in [0.5, 0.6) is 5.75 Å². The number of hydrogen-bond acceptors (Lipinski definition) is 3. The summed E-state index contributed by atoms with van der Waals surface area (Å²) in [6.07, 6.45) is 6.57. The zero-order chi connectivity index (χ0) is 16.1. The topological polar surface area (TPSA) is 41.6 Å². The molecule has 124 valence electrons. The summed E-state index contributed by atoms with van der Waals surface area (Å²) in [4.78, 5) is 14.5. The van der Waals surface area contributed by atoms with Crippen molar-refractivity contribution in [3.05, 3.63) is 41.5 Å². The maximum atomic E-state index is 12.1. The molecule has 1 aliphatic heterocycles. The zero-order valence-electron chi connectivity index (χ0n) is 13.9. The van der Waals surface area contributed by atoms with Gasteiger partial charge >= 0.3 is 0 Å². The molecule has 1 atom stereocenters. The van der Waals surface area contributed by atoms with E-state index in [1.807, 2.05) is 18.2 Å². The van der Waals surface area contributed by atoms with E-state index in [9.17, 15) is 4.79 Å². The van der Waals surface area contributed by atoms with E-state index >= 15 is 0 Å². The van der Waals surface area contributed by atoms with Crippen molar-refractivity contribution in [3.8, 4) is 5.75 Å². The first-order valence-corrected chi connectivity index (χ1v) is 8.66. The van der Waals surface area contributed by atoms with Crippen LogP contribution in [0.2, 0.25) is 0 Å². The molecule has 1 aromatic rings. The number of allylic oxidation sites excluding steroid dienone is 1. The van der Waals surface area contributed by atoms with E-state index in [1.165, 1.54) is 12.0 Å². The maximum absolute atomic E-state index is 12.1. The Morgan fingerprint density at radius 1 is 1.35 bits per heavy atom. The molecule has 3 rings (SSSR count). The molecule has 1 aromatic carbocycles. The normalized spacial score (nSPS) is 21.6. The Kier molecular flexibility index (Phi) is 5.34. The third-order valence-corrected chi connectivity index (χ3v) is 4.51. The summed E-state index contributed by atoms with van der Waals surface area (Å²) >= 11 is 0. The number of amides is 1. The number of carbonyl (C=O) groups excluding carboxylic acids is 1. The van der Waals surface area contributed by atoms with Crippen LogP contribution >= 0.6 is 0 Å². The Hall–Kier alpha value is -1.81. The van der Waals surface area contributed by atoms with Gasteiger partial charge < -0.3 is 10.1 Å². The van der Waals surface area contributed by atoms with Gasteiger partial charge in [0.05, 0.1) is 0 Å². The second kappa shape index (κ2) is 7.64. The Morgan fingerprint density at radius 3 is 3.04 bits per heavy atom. The summed E-state index contributed by atoms with van der Waals surface area (Å²) in [5, 5.41) is 3.07. The van der Waals surface area contributed by atoms with Gasteiger partial charge in [-0.15, -0.1) is 0 Å². The zero-order valence-corrected chi connectivity index (χ0v) is 13.9. The molecule has 2 aliphatic rings. The minimum atomic E-state index is 0.115. The number of benzene rings is 1. The molecule has 0 fully saturated rings. The average Bonchev–Trinajstić information content (AvgIpc) is 2.73. The fraction of sp³-hybridized carbons (Fsp3) is 0.526. The Balaban J connectivity index is 1.52. The SMILES string of the molecule is C[C@@H]1CN(CCNC(=O)C2=CCCCC2)Cc2ccccc2O1. The molecule has 0 bridgehead atoms. The van der Waals surface area contributed by atoms with Gasteiger partial charge in [-0.05, 0) is 38.7 Å². The molecule has 4 nitrogen and oxygen atoms in total. The first-order valence-electron chi connectivity index (χ1n) is 8.66. The van der Waals surface area contributed by atoms with Crippen LogP contribution in [0.4, 0.5) is 0 Å². The van der Waals surface area contributed by atoms with Crippen molar-refractivity contribution >= 4 is 5.91 Å². The van der Waals surface area contributed by atoms with Crippen molar-refractivity contribution in [2.24, 2.45) is 0 Å². The lowest BCUT2D eigenvalue weighted by molar-refractivity contribution is -0.117. The van der Waals surface area contributed by atoms with Gasteiger partial charge in [-0.25, -0.2) is 0 Å². The molecule has 0 radical (unpaired) electrons. The van der Waals surface area contributed by atoms with E-state index in [1.54, 1.807) is 0 Å². The third-order valence-electron chi connectivity index (χ3n) is 4.51. The number of fused-ring (bicyclic) bond motifs is 1. The van der Waals surface area contributed by atoms with Gasteiger partial charge in [-0.2, -0.15) is 0 Å². The Bertz CT molecular complexity index is 582. The van der Waals surface area contributed by atoms with Gasteiger partial charge in [0, 0.05) is 37.3 Å². The summed E-state index contributed by atoms with van der Waals surface area (Å²) in [7, 11) is 0. The van der Waals surface area contributed by atoms with E-state index in [4.69, 9.17) is 4.74 Å². The summed E-state index contributed by atoms with van der Waals surface area (Å²) in [5.74, 6) is 1.10. The predicted octanol–water partition coefficient (Wildman–Crippen LogP) is 2.89.